The third kappa shape index (κ3) is 2.12. The molecule has 28 heavy (non-hydrogen) atoms. The molecule has 5 nitrogen and oxygen atoms in total. The van der Waals surface area contributed by atoms with Gasteiger partial charge in [0, 0.05) is 11.8 Å². The molecule has 0 amide bonds. The van der Waals surface area contributed by atoms with E-state index in [1.807, 2.05) is 6.92 Å². The van der Waals surface area contributed by atoms with Gasteiger partial charge >= 0.3 is 0 Å². The normalized spacial score (nSPS) is 53.1. The van der Waals surface area contributed by atoms with Crippen molar-refractivity contribution < 1.29 is 29.3 Å². The summed E-state index contributed by atoms with van der Waals surface area (Å²) in [5, 5.41) is 32.8. The number of aliphatic hydroxyl groups excluding tert-OH is 1. The van der Waals surface area contributed by atoms with Gasteiger partial charge in [0.15, 0.2) is 11.6 Å². The fourth-order valence-corrected chi connectivity index (χ4v) is 7.62. The van der Waals surface area contributed by atoms with E-state index in [9.17, 15) is 24.9 Å². The monoisotopic (exact) mass is 394 g/mol. The summed E-state index contributed by atoms with van der Waals surface area (Å²) in [5.74, 6) is -1.64. The molecule has 3 fully saturated rings. The minimum absolute atomic E-state index is 0.00398. The first-order chi connectivity index (χ1) is 13.0. The lowest BCUT2D eigenvalue weighted by Crippen LogP contribution is -2.67. The van der Waals surface area contributed by atoms with Crippen LogP contribution >= 0.6 is 0 Å². The number of rotatable bonds is 2. The number of fused-ring (bicyclic) bond motifs is 5. The van der Waals surface area contributed by atoms with Gasteiger partial charge in [-0.2, -0.15) is 0 Å². The van der Waals surface area contributed by atoms with Crippen molar-refractivity contribution >= 4 is 11.6 Å². The van der Waals surface area contributed by atoms with Crippen molar-refractivity contribution in [1.29, 1.82) is 0 Å². The minimum atomic E-state index is -1.83. The number of allylic oxidation sites excluding steroid dienone is 1. The van der Waals surface area contributed by atoms with Crippen LogP contribution in [0.2, 0.25) is 0 Å². The summed E-state index contributed by atoms with van der Waals surface area (Å²) in [5.41, 5.74) is -4.28. The molecule has 0 spiro atoms. The number of ketones is 2. The molecule has 0 saturated heterocycles. The molecule has 0 aromatic rings. The van der Waals surface area contributed by atoms with E-state index in [-0.39, 0.29) is 24.5 Å². The van der Waals surface area contributed by atoms with E-state index in [2.05, 4.69) is 0 Å². The van der Waals surface area contributed by atoms with Crippen molar-refractivity contribution in [1.82, 2.24) is 0 Å². The summed E-state index contributed by atoms with van der Waals surface area (Å²) >= 11 is 0. The van der Waals surface area contributed by atoms with Gasteiger partial charge in [-0.05, 0) is 66.9 Å². The van der Waals surface area contributed by atoms with Crippen molar-refractivity contribution in [2.45, 2.75) is 76.7 Å². The molecule has 8 atom stereocenters. The first kappa shape index (κ1) is 20.2. The average Bonchev–Trinajstić information content (AvgIpc) is 2.81. The highest BCUT2D eigenvalue weighted by molar-refractivity contribution is 5.92. The Morgan fingerprint density at radius 3 is 2.57 bits per heavy atom. The Morgan fingerprint density at radius 2 is 1.93 bits per heavy atom. The first-order valence-corrected chi connectivity index (χ1v) is 10.4. The summed E-state index contributed by atoms with van der Waals surface area (Å²) in [6.45, 7) is 4.68. The number of hydrogen-bond donors (Lipinski definition) is 3. The van der Waals surface area contributed by atoms with E-state index in [1.54, 1.807) is 13.8 Å². The molecular formula is C22H31FO5. The number of Topliss-reactive ketones (excluding diaryl/α,β-unsaturated/α-hetero) is 1. The Balaban J connectivity index is 1.81. The Kier molecular flexibility index (Phi) is 4.29. The number of aliphatic hydroxyl groups is 3. The summed E-state index contributed by atoms with van der Waals surface area (Å²) in [7, 11) is 0. The molecule has 8 unspecified atom stereocenters. The van der Waals surface area contributed by atoms with E-state index >= 15 is 4.39 Å². The summed E-state index contributed by atoms with van der Waals surface area (Å²) in [6.07, 6.45) is 2.49. The lowest BCUT2D eigenvalue weighted by molar-refractivity contribution is -0.222. The van der Waals surface area contributed by atoms with E-state index in [0.717, 1.165) is 0 Å². The fraction of sp³-hybridized carbons (Fsp3) is 0.818. The molecular weight excluding hydrogens is 363 g/mol. The summed E-state index contributed by atoms with van der Waals surface area (Å²) in [4.78, 5) is 24.5. The molecule has 6 heteroatoms. The van der Waals surface area contributed by atoms with Gasteiger partial charge in [0.2, 0.25) is 0 Å². The zero-order valence-corrected chi connectivity index (χ0v) is 16.9. The van der Waals surface area contributed by atoms with E-state index in [4.69, 9.17) is 0 Å². The highest BCUT2D eigenvalue weighted by atomic mass is 19.1. The molecule has 3 saturated carbocycles. The van der Waals surface area contributed by atoms with Crippen LogP contribution in [0.4, 0.5) is 4.39 Å². The van der Waals surface area contributed by atoms with Crippen LogP contribution in [0.1, 0.15) is 59.3 Å². The molecule has 3 N–H and O–H groups in total. The summed E-state index contributed by atoms with van der Waals surface area (Å²) in [6, 6.07) is 0. The largest absolute Gasteiger partial charge is 0.389 e. The number of alkyl halides is 1. The van der Waals surface area contributed by atoms with E-state index in [1.165, 1.54) is 6.08 Å². The Labute approximate surface area is 165 Å². The molecule has 0 aromatic carbocycles. The highest BCUT2D eigenvalue weighted by Gasteiger charge is 2.75. The topological polar surface area (TPSA) is 94.8 Å². The van der Waals surface area contributed by atoms with Crippen molar-refractivity contribution in [3.8, 4) is 0 Å². The Bertz CT molecular complexity index is 764. The quantitative estimate of drug-likeness (QED) is 0.667. The number of hydrogen-bond acceptors (Lipinski definition) is 5. The van der Waals surface area contributed by atoms with Crippen LogP contribution in [0.3, 0.4) is 0 Å². The fourth-order valence-electron chi connectivity index (χ4n) is 7.62. The SMILES string of the molecule is CC1CC2(O)C3CC(F)C4=CC(=O)CCC4(C)C3CCC2(C)C1(O)C(=O)CO. The van der Waals surface area contributed by atoms with Crippen LogP contribution in [-0.2, 0) is 9.59 Å². The molecule has 4 aliphatic rings. The second-order valence-electron chi connectivity index (χ2n) is 10.1. The second kappa shape index (κ2) is 5.96. The lowest BCUT2D eigenvalue weighted by atomic mass is 9.44. The molecule has 0 bridgehead atoms. The Morgan fingerprint density at radius 1 is 1.25 bits per heavy atom. The van der Waals surface area contributed by atoms with Crippen LogP contribution < -0.4 is 0 Å². The van der Waals surface area contributed by atoms with Crippen molar-refractivity contribution in [2.75, 3.05) is 6.61 Å². The van der Waals surface area contributed by atoms with Crippen molar-refractivity contribution in [3.63, 3.8) is 0 Å². The number of halogens is 1. The lowest BCUT2D eigenvalue weighted by Gasteiger charge is -2.62. The molecule has 0 aromatic heterocycles. The van der Waals surface area contributed by atoms with Crippen LogP contribution in [0.5, 0.6) is 0 Å². The van der Waals surface area contributed by atoms with Gasteiger partial charge < -0.3 is 15.3 Å². The zero-order valence-electron chi connectivity index (χ0n) is 16.9. The third-order valence-electron chi connectivity index (χ3n) is 9.23. The average molecular weight is 394 g/mol. The zero-order chi connectivity index (χ0) is 20.7. The number of carbonyl (C=O) groups excluding carboxylic acids is 2. The van der Waals surface area contributed by atoms with Crippen LogP contribution in [-0.4, -0.2) is 50.9 Å². The van der Waals surface area contributed by atoms with Gasteiger partial charge in [-0.1, -0.05) is 20.8 Å². The van der Waals surface area contributed by atoms with Crippen LogP contribution in [0.15, 0.2) is 11.6 Å². The molecule has 4 aliphatic carbocycles. The van der Waals surface area contributed by atoms with Crippen molar-refractivity contribution in [3.05, 3.63) is 11.6 Å². The predicted octanol–water partition coefficient (Wildman–Crippen LogP) is 2.12. The smallest absolute Gasteiger partial charge is 0.190 e. The molecule has 0 aliphatic heterocycles. The number of carbonyl (C=O) groups is 2. The molecule has 0 radical (unpaired) electrons. The molecule has 4 rings (SSSR count). The second-order valence-corrected chi connectivity index (χ2v) is 10.1. The maximum atomic E-state index is 15.3. The van der Waals surface area contributed by atoms with Gasteiger partial charge in [0.25, 0.3) is 0 Å². The van der Waals surface area contributed by atoms with E-state index in [0.29, 0.717) is 31.3 Å². The maximum Gasteiger partial charge on any atom is 0.190 e. The highest BCUT2D eigenvalue weighted by Crippen LogP contribution is 2.70. The third-order valence-corrected chi connectivity index (χ3v) is 9.23. The van der Waals surface area contributed by atoms with Crippen LogP contribution in [0.25, 0.3) is 0 Å². The molecule has 0 heterocycles. The summed E-state index contributed by atoms with van der Waals surface area (Å²) < 4.78 is 15.3. The van der Waals surface area contributed by atoms with Gasteiger partial charge in [0.05, 0.1) is 5.60 Å². The maximum absolute atomic E-state index is 15.3. The minimum Gasteiger partial charge on any atom is -0.389 e. The molecule has 156 valence electrons. The first-order valence-electron chi connectivity index (χ1n) is 10.4. The van der Waals surface area contributed by atoms with Gasteiger partial charge in [-0.3, -0.25) is 9.59 Å². The standard InChI is InChI=1S/C22H31FO5/c1-12-10-21(27)15-9-17(23)16-8-13(25)4-6-19(16,2)14(15)5-7-20(21,3)22(12,28)18(26)11-24/h8,12,14-15,17,24,27-28H,4-7,9-11H2,1-3H3. The predicted molar refractivity (Wildman–Crippen MR) is 100 cm³/mol. The van der Waals surface area contributed by atoms with E-state index < -0.39 is 52.4 Å². The van der Waals surface area contributed by atoms with Crippen molar-refractivity contribution in [2.24, 2.45) is 28.6 Å². The Hall–Kier alpha value is -1.11. The van der Waals surface area contributed by atoms with Gasteiger partial charge in [-0.25, -0.2) is 4.39 Å². The van der Waals surface area contributed by atoms with Gasteiger partial charge in [-0.15, -0.1) is 0 Å². The van der Waals surface area contributed by atoms with Crippen LogP contribution in [0, 0.1) is 28.6 Å². The van der Waals surface area contributed by atoms with Gasteiger partial charge in [0.1, 0.15) is 18.4 Å².